The van der Waals surface area contributed by atoms with E-state index < -0.39 is 16.0 Å². The van der Waals surface area contributed by atoms with Gasteiger partial charge in [0.1, 0.15) is 5.76 Å². The Kier molecular flexibility index (Phi) is 3.87. The van der Waals surface area contributed by atoms with Crippen molar-refractivity contribution in [3.05, 3.63) is 40.6 Å². The lowest BCUT2D eigenvalue weighted by Gasteiger charge is -2.06. The molecule has 0 unspecified atom stereocenters. The molecule has 0 aliphatic heterocycles. The Bertz CT molecular complexity index is 766. The number of aromatic carboxylic acids is 1. The maximum absolute atomic E-state index is 11.1. The number of rotatable bonds is 4. The summed E-state index contributed by atoms with van der Waals surface area (Å²) in [6.07, 6.45) is 1.06. The van der Waals surface area contributed by atoms with Crippen LogP contribution < -0.4 is 4.72 Å². The van der Waals surface area contributed by atoms with Crippen molar-refractivity contribution in [2.24, 2.45) is 0 Å². The van der Waals surface area contributed by atoms with Gasteiger partial charge < -0.3 is 9.52 Å². The van der Waals surface area contributed by atoms with Gasteiger partial charge in [0.05, 0.1) is 6.26 Å². The fraction of sp³-hybridized carbons (Fsp3) is 0.0833. The number of halogens is 1. The average molecular weight is 360 g/mol. The van der Waals surface area contributed by atoms with E-state index in [-0.39, 0.29) is 5.76 Å². The molecule has 0 bridgehead atoms. The number of anilines is 1. The van der Waals surface area contributed by atoms with E-state index in [1.807, 2.05) is 0 Å². The summed E-state index contributed by atoms with van der Waals surface area (Å²) in [7, 11) is -3.35. The zero-order valence-electron chi connectivity index (χ0n) is 10.3. The number of hydrogen-bond acceptors (Lipinski definition) is 4. The van der Waals surface area contributed by atoms with Gasteiger partial charge in [0, 0.05) is 15.7 Å². The Morgan fingerprint density at radius 3 is 2.50 bits per heavy atom. The fourth-order valence-corrected chi connectivity index (χ4v) is 2.72. The second-order valence-electron chi connectivity index (χ2n) is 4.04. The molecular weight excluding hydrogens is 350 g/mol. The molecular formula is C12H10BrNO5S. The predicted octanol–water partition coefficient (Wildman–Crippen LogP) is 2.78. The van der Waals surface area contributed by atoms with Crippen molar-refractivity contribution in [3.63, 3.8) is 0 Å². The molecule has 20 heavy (non-hydrogen) atoms. The smallest absolute Gasteiger partial charge is 0.371 e. The lowest BCUT2D eigenvalue weighted by molar-refractivity contribution is 0.0663. The Morgan fingerprint density at radius 1 is 1.30 bits per heavy atom. The quantitative estimate of drug-likeness (QED) is 0.874. The normalized spacial score (nSPS) is 11.3. The zero-order chi connectivity index (χ0) is 14.9. The minimum Gasteiger partial charge on any atom is -0.475 e. The molecule has 0 fully saturated rings. The first-order valence-corrected chi connectivity index (χ1v) is 8.05. The summed E-state index contributed by atoms with van der Waals surface area (Å²) < 4.78 is 30.4. The molecule has 2 rings (SSSR count). The fourth-order valence-electron chi connectivity index (χ4n) is 1.59. The van der Waals surface area contributed by atoms with Gasteiger partial charge >= 0.3 is 5.97 Å². The first kappa shape index (κ1) is 14.6. The van der Waals surface area contributed by atoms with Crippen molar-refractivity contribution >= 4 is 37.6 Å². The van der Waals surface area contributed by atoms with Crippen LogP contribution in [0.4, 0.5) is 5.69 Å². The molecule has 106 valence electrons. The highest BCUT2D eigenvalue weighted by Crippen LogP contribution is 2.32. The van der Waals surface area contributed by atoms with E-state index in [2.05, 4.69) is 20.7 Å². The van der Waals surface area contributed by atoms with E-state index >= 15 is 0 Å². The van der Waals surface area contributed by atoms with Crippen LogP contribution in [0.2, 0.25) is 0 Å². The lowest BCUT2D eigenvalue weighted by Crippen LogP contribution is -2.09. The van der Waals surface area contributed by atoms with Crippen molar-refractivity contribution in [1.82, 2.24) is 0 Å². The van der Waals surface area contributed by atoms with Gasteiger partial charge in [-0.2, -0.15) is 0 Å². The Hall–Kier alpha value is -1.80. The minimum atomic E-state index is -3.35. The summed E-state index contributed by atoms with van der Waals surface area (Å²) in [5.74, 6) is -0.937. The van der Waals surface area contributed by atoms with Crippen molar-refractivity contribution in [1.29, 1.82) is 0 Å². The van der Waals surface area contributed by atoms with E-state index in [1.54, 1.807) is 18.2 Å². The van der Waals surface area contributed by atoms with Gasteiger partial charge in [-0.15, -0.1) is 0 Å². The number of hydrogen-bond donors (Lipinski definition) is 2. The first-order valence-electron chi connectivity index (χ1n) is 5.37. The molecule has 0 aliphatic carbocycles. The van der Waals surface area contributed by atoms with Gasteiger partial charge in [-0.3, -0.25) is 4.72 Å². The number of nitrogens with one attached hydrogen (secondary N) is 1. The highest BCUT2D eigenvalue weighted by atomic mass is 79.9. The topological polar surface area (TPSA) is 96.6 Å². The van der Waals surface area contributed by atoms with E-state index in [0.29, 0.717) is 21.5 Å². The Labute approximate surface area is 123 Å². The van der Waals surface area contributed by atoms with Crippen molar-refractivity contribution in [3.8, 4) is 11.3 Å². The molecule has 1 aromatic heterocycles. The maximum Gasteiger partial charge on any atom is 0.371 e. The molecule has 8 heteroatoms. The molecule has 0 atom stereocenters. The molecule has 0 spiro atoms. The first-order chi connectivity index (χ1) is 9.26. The van der Waals surface area contributed by atoms with Crippen molar-refractivity contribution in [2.45, 2.75) is 0 Å². The zero-order valence-corrected chi connectivity index (χ0v) is 12.7. The summed E-state index contributed by atoms with van der Waals surface area (Å²) in [6, 6.07) is 7.64. The predicted molar refractivity (Wildman–Crippen MR) is 77.3 cm³/mol. The van der Waals surface area contributed by atoms with Crippen LogP contribution in [0.3, 0.4) is 0 Å². The SMILES string of the molecule is CS(=O)(=O)Nc1ccc(-c2ccc(C(=O)O)o2)c(Br)c1. The third-order valence-electron chi connectivity index (χ3n) is 2.35. The molecule has 0 amide bonds. The molecule has 0 saturated carbocycles. The third kappa shape index (κ3) is 3.40. The maximum atomic E-state index is 11.1. The number of carboxylic acids is 1. The lowest BCUT2D eigenvalue weighted by atomic mass is 10.1. The summed E-state index contributed by atoms with van der Waals surface area (Å²) in [6.45, 7) is 0. The molecule has 6 nitrogen and oxygen atoms in total. The number of benzene rings is 1. The van der Waals surface area contributed by atoms with Crippen LogP contribution in [-0.2, 0) is 10.0 Å². The molecule has 1 heterocycles. The minimum absolute atomic E-state index is 0.162. The molecule has 2 aromatic rings. The van der Waals surface area contributed by atoms with Gasteiger partial charge in [0.25, 0.3) is 0 Å². The van der Waals surface area contributed by atoms with E-state index in [0.717, 1.165) is 6.26 Å². The van der Waals surface area contributed by atoms with Crippen molar-refractivity contribution < 1.29 is 22.7 Å². The van der Waals surface area contributed by atoms with Crippen LogP contribution in [0.1, 0.15) is 10.6 Å². The molecule has 0 radical (unpaired) electrons. The second-order valence-corrected chi connectivity index (χ2v) is 6.64. The molecule has 1 aromatic carbocycles. The summed E-state index contributed by atoms with van der Waals surface area (Å²) in [5.41, 5.74) is 1.02. The molecule has 2 N–H and O–H groups in total. The average Bonchev–Trinajstić information content (AvgIpc) is 2.76. The Balaban J connectivity index is 2.36. The van der Waals surface area contributed by atoms with E-state index in [1.165, 1.54) is 12.1 Å². The highest BCUT2D eigenvalue weighted by Gasteiger charge is 2.13. The van der Waals surface area contributed by atoms with E-state index in [4.69, 9.17) is 9.52 Å². The number of carbonyl (C=O) groups is 1. The Morgan fingerprint density at radius 2 is 2.00 bits per heavy atom. The van der Waals surface area contributed by atoms with Crippen LogP contribution in [0, 0.1) is 0 Å². The second kappa shape index (κ2) is 5.29. The van der Waals surface area contributed by atoms with Crippen LogP contribution in [0.15, 0.2) is 39.2 Å². The highest BCUT2D eigenvalue weighted by molar-refractivity contribution is 9.10. The van der Waals surface area contributed by atoms with Gasteiger partial charge in [-0.1, -0.05) is 0 Å². The van der Waals surface area contributed by atoms with Crippen LogP contribution >= 0.6 is 15.9 Å². The van der Waals surface area contributed by atoms with Crippen LogP contribution in [0.25, 0.3) is 11.3 Å². The monoisotopic (exact) mass is 359 g/mol. The van der Waals surface area contributed by atoms with Gasteiger partial charge in [0.2, 0.25) is 15.8 Å². The van der Waals surface area contributed by atoms with Gasteiger partial charge in [0.15, 0.2) is 0 Å². The van der Waals surface area contributed by atoms with Crippen LogP contribution in [-0.4, -0.2) is 25.7 Å². The molecule has 0 saturated heterocycles. The summed E-state index contributed by atoms with van der Waals surface area (Å²) in [5, 5.41) is 8.80. The number of sulfonamides is 1. The van der Waals surface area contributed by atoms with Crippen molar-refractivity contribution in [2.75, 3.05) is 11.0 Å². The largest absolute Gasteiger partial charge is 0.475 e. The van der Waals surface area contributed by atoms with E-state index in [9.17, 15) is 13.2 Å². The van der Waals surface area contributed by atoms with Gasteiger partial charge in [-0.25, -0.2) is 13.2 Å². The standard InChI is InChI=1S/C12H10BrNO5S/c1-20(17,18)14-7-2-3-8(9(13)6-7)10-4-5-11(19-10)12(15)16/h2-6,14H,1H3,(H,15,16). The molecule has 0 aliphatic rings. The number of carboxylic acid groups (broad SMARTS) is 1. The number of furan rings is 1. The van der Waals surface area contributed by atoms with Gasteiger partial charge in [-0.05, 0) is 46.3 Å². The summed E-state index contributed by atoms with van der Waals surface area (Å²) in [4.78, 5) is 10.8. The summed E-state index contributed by atoms with van der Waals surface area (Å²) >= 11 is 3.30. The third-order valence-corrected chi connectivity index (χ3v) is 3.62. The van der Waals surface area contributed by atoms with Crippen LogP contribution in [0.5, 0.6) is 0 Å².